The predicted octanol–water partition coefficient (Wildman–Crippen LogP) is 5.33. The van der Waals surface area contributed by atoms with Gasteiger partial charge in [0, 0.05) is 0 Å². The molecule has 0 aliphatic carbocycles. The van der Waals surface area contributed by atoms with E-state index in [0.29, 0.717) is 6.61 Å². The summed E-state index contributed by atoms with van der Waals surface area (Å²) in [5, 5.41) is 0.778. The third-order valence-corrected chi connectivity index (χ3v) is 11.3. The van der Waals surface area contributed by atoms with Crippen LogP contribution in [0.3, 0.4) is 0 Å². The van der Waals surface area contributed by atoms with E-state index < -0.39 is 17.6 Å². The molecule has 0 fully saturated rings. The van der Waals surface area contributed by atoms with Crippen LogP contribution in [0, 0.1) is 7.14 Å². The Balaban J connectivity index is 2.45. The molecule has 0 aliphatic rings. The van der Waals surface area contributed by atoms with E-state index in [1.165, 1.54) is 3.57 Å². The zero-order chi connectivity index (χ0) is 15.9. The van der Waals surface area contributed by atoms with Gasteiger partial charge in [-0.15, -0.1) is 0 Å². The van der Waals surface area contributed by atoms with Gasteiger partial charge in [-0.3, -0.25) is 0 Å². The van der Waals surface area contributed by atoms with Gasteiger partial charge in [0.1, 0.15) is 0 Å². The molecular weight excluding hydrogens is 527 g/mol. The number of halogens is 3. The number of hydrogen-bond donors (Lipinski definition) is 0. The molecule has 0 N–H and O–H groups in total. The maximum absolute atomic E-state index is 5.68. The van der Waals surface area contributed by atoms with Crippen molar-refractivity contribution in [2.45, 2.75) is 0 Å². The summed E-state index contributed by atoms with van der Waals surface area (Å²) in [6.45, 7) is 0.598. The number of alkyl halides is 1. The second-order valence-corrected chi connectivity index (χ2v) is 12.7. The summed E-state index contributed by atoms with van der Waals surface area (Å²) in [6.07, 6.45) is 0. The van der Waals surface area contributed by atoms with Crippen LogP contribution in [0.5, 0.6) is 17.2 Å². The fourth-order valence-corrected chi connectivity index (χ4v) is 8.72. The van der Waals surface area contributed by atoms with Crippen molar-refractivity contribution in [1.29, 1.82) is 0 Å². The summed E-state index contributed by atoms with van der Waals surface area (Å²) in [6, 6.07) is 14.2. The van der Waals surface area contributed by atoms with Gasteiger partial charge in [0.2, 0.25) is 0 Å². The average Bonchev–Trinajstić information content (AvgIpc) is 2.59. The molecule has 0 atom stereocenters. The van der Waals surface area contributed by atoms with Crippen LogP contribution in [0.4, 0.5) is 0 Å². The molecule has 0 saturated carbocycles. The molecule has 2 aromatic rings. The SMILES string of the molecule is COc1cc(OCCBr)cc(OC)c1I(Br)c1ccccc1. The zero-order valence-corrected chi connectivity index (χ0v) is 17.6. The number of methoxy groups -OCH3 is 2. The van der Waals surface area contributed by atoms with Gasteiger partial charge in [-0.25, -0.2) is 0 Å². The average molecular weight is 544 g/mol. The molecule has 22 heavy (non-hydrogen) atoms. The van der Waals surface area contributed by atoms with Crippen LogP contribution < -0.4 is 14.2 Å². The minimum absolute atomic E-state index is 0.598. The van der Waals surface area contributed by atoms with E-state index in [9.17, 15) is 0 Å². The molecule has 2 rings (SSSR count). The molecular formula is C16H17Br2IO3. The van der Waals surface area contributed by atoms with E-state index >= 15 is 0 Å². The van der Waals surface area contributed by atoms with Crippen molar-refractivity contribution in [3.63, 3.8) is 0 Å². The fourth-order valence-electron chi connectivity index (χ4n) is 1.88. The summed E-state index contributed by atoms with van der Waals surface area (Å²) in [4.78, 5) is 0. The third kappa shape index (κ3) is 4.29. The Labute approximate surface area is 152 Å². The number of hydrogen-bond acceptors (Lipinski definition) is 3. The van der Waals surface area contributed by atoms with Crippen molar-refractivity contribution in [2.24, 2.45) is 0 Å². The quantitative estimate of drug-likeness (QED) is 0.349. The first kappa shape index (κ1) is 17.9. The zero-order valence-electron chi connectivity index (χ0n) is 12.3. The van der Waals surface area contributed by atoms with Crippen LogP contribution >= 0.6 is 46.2 Å². The number of ether oxygens (including phenoxy) is 3. The second-order valence-electron chi connectivity index (χ2n) is 4.21. The molecule has 0 amide bonds. The van der Waals surface area contributed by atoms with Gasteiger partial charge < -0.3 is 0 Å². The molecule has 0 aliphatic heterocycles. The van der Waals surface area contributed by atoms with E-state index in [0.717, 1.165) is 26.1 Å². The van der Waals surface area contributed by atoms with Gasteiger partial charge in [-0.2, -0.15) is 0 Å². The molecule has 3 nitrogen and oxygen atoms in total. The van der Waals surface area contributed by atoms with Gasteiger partial charge in [0.05, 0.1) is 0 Å². The van der Waals surface area contributed by atoms with E-state index in [-0.39, 0.29) is 0 Å². The van der Waals surface area contributed by atoms with E-state index in [4.69, 9.17) is 14.2 Å². The third-order valence-electron chi connectivity index (χ3n) is 2.86. The van der Waals surface area contributed by atoms with Crippen molar-refractivity contribution in [2.75, 3.05) is 26.2 Å². The molecule has 0 spiro atoms. The monoisotopic (exact) mass is 542 g/mol. The van der Waals surface area contributed by atoms with Crippen LogP contribution in [0.2, 0.25) is 0 Å². The van der Waals surface area contributed by atoms with Crippen molar-refractivity contribution < 1.29 is 14.2 Å². The molecule has 0 aromatic heterocycles. The molecule has 0 heterocycles. The Morgan fingerprint density at radius 3 is 2.09 bits per heavy atom. The first-order valence-corrected chi connectivity index (χ1v) is 14.7. The van der Waals surface area contributed by atoms with E-state index in [2.05, 4.69) is 40.8 Å². The first-order valence-electron chi connectivity index (χ1n) is 6.57. The molecule has 0 radical (unpaired) electrons. The topological polar surface area (TPSA) is 27.7 Å². The molecule has 6 heteroatoms. The Hall–Kier alpha value is -0.470. The van der Waals surface area contributed by atoms with Gasteiger partial charge in [-0.1, -0.05) is 0 Å². The standard InChI is InChI=1S/C16H17Br2IO3/c1-20-14-10-13(22-9-8-17)11-15(21-2)16(14)19(18)12-6-4-3-5-7-12/h3-7,10-11H,8-9H2,1-2H3. The Bertz CT molecular complexity index is 583. The Kier molecular flexibility index (Phi) is 7.30. The van der Waals surface area contributed by atoms with Crippen LogP contribution in [0.1, 0.15) is 0 Å². The summed E-state index contributed by atoms with van der Waals surface area (Å²) >= 11 is 5.48. The normalized spacial score (nSPS) is 11.0. The van der Waals surface area contributed by atoms with Crippen LogP contribution in [0.25, 0.3) is 0 Å². The maximum atomic E-state index is 5.68. The Morgan fingerprint density at radius 2 is 1.59 bits per heavy atom. The van der Waals surface area contributed by atoms with Gasteiger partial charge in [0.15, 0.2) is 0 Å². The number of rotatable bonds is 7. The van der Waals surface area contributed by atoms with E-state index in [1.54, 1.807) is 14.2 Å². The summed E-state index contributed by atoms with van der Waals surface area (Å²) < 4.78 is 19.2. The van der Waals surface area contributed by atoms with Crippen LogP contribution in [0.15, 0.2) is 42.5 Å². The van der Waals surface area contributed by atoms with Crippen molar-refractivity contribution in [3.05, 3.63) is 49.6 Å². The van der Waals surface area contributed by atoms with E-state index in [1.807, 2.05) is 30.3 Å². The summed E-state index contributed by atoms with van der Waals surface area (Å²) in [5.74, 6) is 2.35. The van der Waals surface area contributed by atoms with Crippen molar-refractivity contribution in [1.82, 2.24) is 0 Å². The summed E-state index contributed by atoms with van der Waals surface area (Å²) in [5.41, 5.74) is 0. The van der Waals surface area contributed by atoms with Gasteiger partial charge in [0.25, 0.3) is 0 Å². The van der Waals surface area contributed by atoms with Crippen molar-refractivity contribution >= 4 is 46.2 Å². The number of benzene rings is 2. The van der Waals surface area contributed by atoms with Crippen molar-refractivity contribution in [3.8, 4) is 17.2 Å². The van der Waals surface area contributed by atoms with Crippen LogP contribution in [-0.2, 0) is 0 Å². The molecule has 0 bridgehead atoms. The fraction of sp³-hybridized carbons (Fsp3) is 0.250. The second kappa shape index (κ2) is 8.98. The Morgan fingerprint density at radius 1 is 1.00 bits per heavy atom. The molecule has 0 saturated heterocycles. The summed E-state index contributed by atoms with van der Waals surface area (Å²) in [7, 11) is 3.35. The minimum atomic E-state index is -1.78. The van der Waals surface area contributed by atoms with Gasteiger partial charge >= 0.3 is 153 Å². The molecule has 0 unspecified atom stereocenters. The first-order chi connectivity index (χ1) is 10.7. The van der Waals surface area contributed by atoms with Crippen LogP contribution in [-0.4, -0.2) is 26.2 Å². The predicted molar refractivity (Wildman–Crippen MR) is 106 cm³/mol. The molecule has 2 aromatic carbocycles. The molecule has 120 valence electrons. The van der Waals surface area contributed by atoms with Gasteiger partial charge in [-0.05, 0) is 0 Å².